The molecule has 2 rings (SSSR count). The third kappa shape index (κ3) is 6.44. The van der Waals surface area contributed by atoms with Crippen molar-refractivity contribution in [3.8, 4) is 6.07 Å². The Morgan fingerprint density at radius 1 is 0.973 bits per heavy atom. The van der Waals surface area contributed by atoms with Crippen molar-refractivity contribution in [2.24, 2.45) is 0 Å². The van der Waals surface area contributed by atoms with Crippen molar-refractivity contribution >= 4 is 46.2 Å². The van der Waals surface area contributed by atoms with Crippen LogP contribution in [0.3, 0.4) is 0 Å². The SMILES string of the molecule is N#CCCCNc1cccc(C(=O)Nc2[c]([Tl])cc(C(F)(C(F)(F)F)C(F)(F)F)cc2C(F)(F)F)c1F. The number of nitrogens with one attached hydrogen (secondary N) is 2. The van der Waals surface area contributed by atoms with Crippen LogP contribution in [-0.2, 0) is 11.8 Å². The Morgan fingerprint density at radius 2 is 1.57 bits per heavy atom. The van der Waals surface area contributed by atoms with Crippen LogP contribution in [0.25, 0.3) is 0 Å². The van der Waals surface area contributed by atoms with E-state index in [1.54, 1.807) is 5.32 Å². The van der Waals surface area contributed by atoms with Gasteiger partial charge in [-0.25, -0.2) is 0 Å². The zero-order chi connectivity index (χ0) is 28.4. The number of carbonyl (C=O) groups excluding carboxylic acids is 1. The third-order valence-electron chi connectivity index (χ3n) is 4.92. The molecule has 0 aliphatic rings. The number of halogens is 11. The molecule has 0 atom stereocenters. The van der Waals surface area contributed by atoms with E-state index in [9.17, 15) is 53.1 Å². The van der Waals surface area contributed by atoms with Crippen LogP contribution in [-0.4, -0.2) is 50.6 Å². The van der Waals surface area contributed by atoms with Crippen LogP contribution in [0.1, 0.15) is 34.3 Å². The fourth-order valence-corrected chi connectivity index (χ4v) is 4.71. The summed E-state index contributed by atoms with van der Waals surface area (Å²) in [6, 6.07) is 4.33. The van der Waals surface area contributed by atoms with Crippen molar-refractivity contribution in [3.63, 3.8) is 0 Å². The Morgan fingerprint density at radius 3 is 2.08 bits per heavy atom. The molecule has 0 aliphatic carbocycles. The molecule has 0 heterocycles. The van der Waals surface area contributed by atoms with Gasteiger partial charge in [0.05, 0.1) is 0 Å². The van der Waals surface area contributed by atoms with E-state index >= 15 is 0 Å². The topological polar surface area (TPSA) is 64.9 Å². The molecule has 0 spiro atoms. The summed E-state index contributed by atoms with van der Waals surface area (Å²) in [5.74, 6) is -2.70. The zero-order valence-electron chi connectivity index (χ0n) is 18.1. The van der Waals surface area contributed by atoms with E-state index in [-0.39, 0.29) is 24.7 Å². The predicted molar refractivity (Wildman–Crippen MR) is 109 cm³/mol. The predicted octanol–water partition coefficient (Wildman–Crippen LogP) is 5.90. The molecule has 0 saturated heterocycles. The fourth-order valence-electron chi connectivity index (χ4n) is 3.13. The number of nitriles is 1. The summed E-state index contributed by atoms with van der Waals surface area (Å²) in [6.07, 6.45) is -18.5. The van der Waals surface area contributed by atoms with Crippen molar-refractivity contribution in [2.75, 3.05) is 17.2 Å². The van der Waals surface area contributed by atoms with Crippen molar-refractivity contribution in [1.29, 1.82) is 5.26 Å². The fraction of sp³-hybridized carbons (Fsp3) is 0.333. The molecule has 0 radical (unpaired) electrons. The van der Waals surface area contributed by atoms with E-state index < -0.39 is 93.3 Å². The molecule has 2 N–H and O–H groups in total. The second-order valence-electron chi connectivity index (χ2n) is 7.45. The first-order valence-corrected chi connectivity index (χ1v) is 12.1. The van der Waals surface area contributed by atoms with Crippen LogP contribution < -0.4 is 13.8 Å². The first kappa shape index (κ1) is 30.6. The average Bonchev–Trinajstić information content (AvgIpc) is 2.75. The number of alkyl halides is 10. The number of benzene rings is 2. The van der Waals surface area contributed by atoms with E-state index in [1.165, 1.54) is 6.07 Å². The van der Waals surface area contributed by atoms with Gasteiger partial charge < -0.3 is 0 Å². The number of carbonyl (C=O) groups is 1. The van der Waals surface area contributed by atoms with E-state index in [1.807, 2.05) is 6.07 Å². The van der Waals surface area contributed by atoms with Crippen molar-refractivity contribution in [3.05, 3.63) is 52.8 Å². The normalized spacial score (nSPS) is 12.7. The Balaban J connectivity index is 2.57. The van der Waals surface area contributed by atoms with Crippen LogP contribution >= 0.6 is 0 Å². The second kappa shape index (κ2) is 11.0. The molecule has 0 fully saturated rings. The summed E-state index contributed by atoms with van der Waals surface area (Å²) in [6.45, 7) is 0.102. The van der Waals surface area contributed by atoms with Crippen LogP contribution in [0.2, 0.25) is 0 Å². The second-order valence-corrected chi connectivity index (χ2v) is 9.87. The maximum absolute atomic E-state index is 14.8. The van der Waals surface area contributed by atoms with Gasteiger partial charge in [0.2, 0.25) is 0 Å². The van der Waals surface area contributed by atoms with Crippen LogP contribution in [0.15, 0.2) is 30.3 Å². The van der Waals surface area contributed by atoms with Crippen molar-refractivity contribution in [2.45, 2.75) is 37.0 Å². The van der Waals surface area contributed by atoms with Gasteiger partial charge in [0.25, 0.3) is 0 Å². The minimum absolute atomic E-state index is 0.0555. The molecular weight excluding hydrogens is 724 g/mol. The number of unbranched alkanes of at least 4 members (excludes halogenated alkanes) is 1. The molecule has 0 aliphatic heterocycles. The Kier molecular flexibility index (Phi) is 9.08. The van der Waals surface area contributed by atoms with E-state index in [0.29, 0.717) is 6.42 Å². The summed E-state index contributed by atoms with van der Waals surface area (Å²) >= 11 is -0.926. The van der Waals surface area contributed by atoms with Gasteiger partial charge in [-0.3, -0.25) is 0 Å². The molecule has 0 unspecified atom stereocenters. The first-order valence-electron chi connectivity index (χ1n) is 9.90. The zero-order valence-corrected chi connectivity index (χ0v) is 22.6. The molecule has 16 heteroatoms. The summed E-state index contributed by atoms with van der Waals surface area (Å²) in [5, 5.41) is 12.8. The minimum atomic E-state index is -6.65. The van der Waals surface area contributed by atoms with Crippen molar-refractivity contribution in [1.82, 2.24) is 0 Å². The number of nitrogens with zero attached hydrogens (tertiary/aromatic N) is 1. The molecule has 37 heavy (non-hydrogen) atoms. The van der Waals surface area contributed by atoms with Gasteiger partial charge in [-0.2, -0.15) is 5.26 Å². The maximum atomic E-state index is 14.8. The number of hydrogen-bond acceptors (Lipinski definition) is 3. The number of anilines is 2. The molecule has 4 nitrogen and oxygen atoms in total. The van der Waals surface area contributed by atoms with Gasteiger partial charge in [0.1, 0.15) is 0 Å². The summed E-state index contributed by atoms with van der Waals surface area (Å²) in [7, 11) is 0. The summed E-state index contributed by atoms with van der Waals surface area (Å²) < 4.78 is 148. The molecular formula is C21H13F11N3OTl. The van der Waals surface area contributed by atoms with Gasteiger partial charge in [-0.05, 0) is 0 Å². The van der Waals surface area contributed by atoms with Gasteiger partial charge in [-0.15, -0.1) is 0 Å². The van der Waals surface area contributed by atoms with Crippen molar-refractivity contribution < 1.29 is 53.1 Å². The van der Waals surface area contributed by atoms with E-state index in [2.05, 4.69) is 5.32 Å². The molecule has 198 valence electrons. The first-order chi connectivity index (χ1) is 16.9. The molecule has 0 saturated carbocycles. The van der Waals surface area contributed by atoms with E-state index in [0.717, 1.165) is 12.1 Å². The monoisotopic (exact) mass is 737 g/mol. The molecule has 2 aromatic rings. The van der Waals surface area contributed by atoms with E-state index in [4.69, 9.17) is 5.26 Å². The number of hydrogen-bond donors (Lipinski definition) is 2. The Bertz CT molecular complexity index is 1190. The summed E-state index contributed by atoms with van der Waals surface area (Å²) in [4.78, 5) is 12.6. The van der Waals surface area contributed by atoms with Gasteiger partial charge >= 0.3 is 212 Å². The van der Waals surface area contributed by atoms with Crippen LogP contribution in [0, 0.1) is 17.1 Å². The quantitative estimate of drug-likeness (QED) is 0.212. The number of rotatable bonds is 7. The number of amides is 1. The van der Waals surface area contributed by atoms with Gasteiger partial charge in [0.15, 0.2) is 0 Å². The molecule has 2 aromatic carbocycles. The Hall–Kier alpha value is -2.65. The standard InChI is InChI=1S/C21H13F11N3O.Tl/c22-16-12(4-3-5-15(16)34-9-2-1-8-33)17(36)35-14-7-6-11(10-13(14)19(24,25)26)18(23,20(27,28)29)21(30,31)32;/h3-6,10,34H,1-2,9H2,(H,35,36);. The molecule has 0 bridgehead atoms. The van der Waals surface area contributed by atoms with Gasteiger partial charge in [0, 0.05) is 0 Å². The third-order valence-corrected chi connectivity index (χ3v) is 6.69. The molecule has 1 amide bonds. The molecule has 0 aromatic heterocycles. The van der Waals surface area contributed by atoms with Crippen LogP contribution in [0.5, 0.6) is 0 Å². The van der Waals surface area contributed by atoms with Gasteiger partial charge in [-0.1, -0.05) is 0 Å². The van der Waals surface area contributed by atoms with Crippen LogP contribution in [0.4, 0.5) is 59.7 Å². The average molecular weight is 737 g/mol. The Labute approximate surface area is 217 Å². The summed E-state index contributed by atoms with van der Waals surface area (Å²) in [5.41, 5.74) is -12.9.